The topological polar surface area (TPSA) is 104 Å². The van der Waals surface area contributed by atoms with Crippen molar-refractivity contribution in [3.8, 4) is 0 Å². The zero-order valence-corrected chi connectivity index (χ0v) is 12.0. The standard InChI is InChI=1S/2C7H16N2.CH4/c2*1-5-4-6(8)2-3-7(5)9;/h2*5-7H,2-4,8-9H2,1H3;1H4. The Bertz CT molecular complexity index is 210. The molecule has 116 valence electrons. The molecule has 0 bridgehead atoms. The molecule has 0 spiro atoms. The largest absolute Gasteiger partial charge is 0.328 e. The Hall–Kier alpha value is -0.160. The second-order valence-corrected chi connectivity index (χ2v) is 6.43. The average Bonchev–Trinajstić information content (AvgIpc) is 2.30. The highest BCUT2D eigenvalue weighted by atomic mass is 14.7. The molecule has 2 rings (SSSR count). The van der Waals surface area contributed by atoms with E-state index in [1.165, 1.54) is 0 Å². The lowest BCUT2D eigenvalue weighted by molar-refractivity contribution is 0.299. The van der Waals surface area contributed by atoms with Crippen molar-refractivity contribution < 1.29 is 0 Å². The fourth-order valence-corrected chi connectivity index (χ4v) is 2.92. The van der Waals surface area contributed by atoms with E-state index >= 15 is 0 Å². The SMILES string of the molecule is C.CC1CC(N)CCC1N.CC1CC(N)CCC1N. The van der Waals surface area contributed by atoms with E-state index in [1.54, 1.807) is 0 Å². The van der Waals surface area contributed by atoms with Crippen LogP contribution < -0.4 is 22.9 Å². The van der Waals surface area contributed by atoms with Gasteiger partial charge < -0.3 is 22.9 Å². The number of hydrogen-bond acceptors (Lipinski definition) is 4. The van der Waals surface area contributed by atoms with Gasteiger partial charge in [-0.2, -0.15) is 0 Å². The average molecular weight is 272 g/mol. The summed E-state index contributed by atoms with van der Waals surface area (Å²) in [5, 5.41) is 0. The van der Waals surface area contributed by atoms with Crippen molar-refractivity contribution in [3.05, 3.63) is 0 Å². The first-order valence-electron chi connectivity index (χ1n) is 7.42. The highest BCUT2D eigenvalue weighted by Gasteiger charge is 2.22. The lowest BCUT2D eigenvalue weighted by Crippen LogP contribution is -2.39. The van der Waals surface area contributed by atoms with E-state index in [-0.39, 0.29) is 7.43 Å². The molecule has 0 aromatic heterocycles. The van der Waals surface area contributed by atoms with Gasteiger partial charge in [0.25, 0.3) is 0 Å². The Balaban J connectivity index is 0.000000324. The summed E-state index contributed by atoms with van der Waals surface area (Å²) in [6.45, 7) is 4.37. The molecule has 4 heteroatoms. The summed E-state index contributed by atoms with van der Waals surface area (Å²) >= 11 is 0. The molecule has 0 aromatic carbocycles. The van der Waals surface area contributed by atoms with Crippen LogP contribution in [-0.2, 0) is 0 Å². The molecule has 0 amide bonds. The van der Waals surface area contributed by atoms with Crippen LogP contribution in [0.5, 0.6) is 0 Å². The van der Waals surface area contributed by atoms with Gasteiger partial charge in [0.2, 0.25) is 0 Å². The van der Waals surface area contributed by atoms with Gasteiger partial charge in [0, 0.05) is 24.2 Å². The van der Waals surface area contributed by atoms with Gasteiger partial charge in [0.15, 0.2) is 0 Å². The third kappa shape index (κ3) is 6.70. The Morgan fingerprint density at radius 2 is 0.947 bits per heavy atom. The van der Waals surface area contributed by atoms with Gasteiger partial charge >= 0.3 is 0 Å². The molecule has 19 heavy (non-hydrogen) atoms. The molecule has 0 radical (unpaired) electrons. The van der Waals surface area contributed by atoms with Gasteiger partial charge in [-0.25, -0.2) is 0 Å². The molecule has 0 aliphatic heterocycles. The molecule has 0 saturated heterocycles. The number of hydrogen-bond donors (Lipinski definition) is 4. The Labute approximate surface area is 119 Å². The van der Waals surface area contributed by atoms with Gasteiger partial charge in [0.05, 0.1) is 0 Å². The maximum absolute atomic E-state index is 5.78. The van der Waals surface area contributed by atoms with E-state index in [0.717, 1.165) is 38.5 Å². The molecule has 2 aliphatic carbocycles. The lowest BCUT2D eigenvalue weighted by Gasteiger charge is -2.29. The third-order valence-electron chi connectivity index (χ3n) is 4.55. The smallest absolute Gasteiger partial charge is 0.00656 e. The minimum absolute atomic E-state index is 0. The predicted octanol–water partition coefficient (Wildman–Crippen LogP) is 1.56. The van der Waals surface area contributed by atoms with Crippen molar-refractivity contribution in [1.29, 1.82) is 0 Å². The fraction of sp³-hybridized carbons (Fsp3) is 1.00. The summed E-state index contributed by atoms with van der Waals surface area (Å²) in [5.41, 5.74) is 23.0. The van der Waals surface area contributed by atoms with Crippen molar-refractivity contribution in [1.82, 2.24) is 0 Å². The van der Waals surface area contributed by atoms with Crippen LogP contribution in [0.15, 0.2) is 0 Å². The maximum Gasteiger partial charge on any atom is 0.00656 e. The van der Waals surface area contributed by atoms with Gasteiger partial charge in [-0.1, -0.05) is 21.3 Å². The molecule has 6 atom stereocenters. The van der Waals surface area contributed by atoms with Crippen LogP contribution in [0.2, 0.25) is 0 Å². The first-order chi connectivity index (χ1) is 8.40. The van der Waals surface area contributed by atoms with Crippen LogP contribution in [0.4, 0.5) is 0 Å². The molecule has 2 saturated carbocycles. The molecule has 8 N–H and O–H groups in total. The van der Waals surface area contributed by atoms with Crippen molar-refractivity contribution in [3.63, 3.8) is 0 Å². The van der Waals surface area contributed by atoms with Crippen LogP contribution in [0.25, 0.3) is 0 Å². The summed E-state index contributed by atoms with van der Waals surface area (Å²) < 4.78 is 0. The van der Waals surface area contributed by atoms with Gasteiger partial charge in [-0.15, -0.1) is 0 Å². The molecular formula is C15H36N4. The molecular weight excluding hydrogens is 236 g/mol. The highest BCUT2D eigenvalue weighted by Crippen LogP contribution is 2.21. The minimum Gasteiger partial charge on any atom is -0.328 e. The van der Waals surface area contributed by atoms with Crippen LogP contribution >= 0.6 is 0 Å². The van der Waals surface area contributed by atoms with Crippen LogP contribution in [0, 0.1) is 11.8 Å². The lowest BCUT2D eigenvalue weighted by atomic mass is 9.84. The Morgan fingerprint density at radius 1 is 0.632 bits per heavy atom. The zero-order chi connectivity index (χ0) is 13.7. The molecule has 0 aromatic rings. The normalized spacial score (nSPS) is 42.6. The monoisotopic (exact) mass is 272 g/mol. The second-order valence-electron chi connectivity index (χ2n) is 6.43. The molecule has 6 unspecified atom stereocenters. The summed E-state index contributed by atoms with van der Waals surface area (Å²) in [5.74, 6) is 1.27. The molecule has 4 nitrogen and oxygen atoms in total. The minimum atomic E-state index is 0. The summed E-state index contributed by atoms with van der Waals surface area (Å²) in [7, 11) is 0. The van der Waals surface area contributed by atoms with E-state index in [1.807, 2.05) is 0 Å². The predicted molar refractivity (Wildman–Crippen MR) is 84.7 cm³/mol. The second kappa shape index (κ2) is 8.90. The van der Waals surface area contributed by atoms with E-state index in [2.05, 4.69) is 13.8 Å². The number of rotatable bonds is 0. The van der Waals surface area contributed by atoms with Crippen LogP contribution in [0.1, 0.15) is 59.8 Å². The summed E-state index contributed by atoms with van der Waals surface area (Å²) in [4.78, 5) is 0. The molecule has 0 heterocycles. The first-order valence-corrected chi connectivity index (χ1v) is 7.42. The van der Waals surface area contributed by atoms with Crippen molar-refractivity contribution in [2.75, 3.05) is 0 Å². The zero-order valence-electron chi connectivity index (χ0n) is 12.0. The van der Waals surface area contributed by atoms with E-state index in [9.17, 15) is 0 Å². The van der Waals surface area contributed by atoms with Crippen molar-refractivity contribution >= 4 is 0 Å². The fourth-order valence-electron chi connectivity index (χ4n) is 2.92. The summed E-state index contributed by atoms with van der Waals surface area (Å²) in [6, 6.07) is 1.65. The van der Waals surface area contributed by atoms with E-state index < -0.39 is 0 Å². The molecule has 2 aliphatic rings. The van der Waals surface area contributed by atoms with Crippen molar-refractivity contribution in [2.45, 2.75) is 84.0 Å². The van der Waals surface area contributed by atoms with E-state index in [0.29, 0.717) is 36.0 Å². The maximum atomic E-state index is 5.78. The van der Waals surface area contributed by atoms with Crippen LogP contribution in [-0.4, -0.2) is 24.2 Å². The Kier molecular flexibility index (Phi) is 8.83. The molecule has 2 fully saturated rings. The van der Waals surface area contributed by atoms with Gasteiger partial charge in [-0.3, -0.25) is 0 Å². The quantitative estimate of drug-likeness (QED) is 0.537. The van der Waals surface area contributed by atoms with Gasteiger partial charge in [0.1, 0.15) is 0 Å². The van der Waals surface area contributed by atoms with Crippen molar-refractivity contribution in [2.24, 2.45) is 34.8 Å². The number of nitrogens with two attached hydrogens (primary N) is 4. The van der Waals surface area contributed by atoms with Crippen LogP contribution in [0.3, 0.4) is 0 Å². The summed E-state index contributed by atoms with van der Waals surface area (Å²) in [6.07, 6.45) is 6.68. The third-order valence-corrected chi connectivity index (χ3v) is 4.55. The highest BCUT2D eigenvalue weighted by molar-refractivity contribution is 4.81. The van der Waals surface area contributed by atoms with E-state index in [4.69, 9.17) is 22.9 Å². The Morgan fingerprint density at radius 3 is 1.16 bits per heavy atom. The first kappa shape index (κ1) is 18.8. The van der Waals surface area contributed by atoms with Gasteiger partial charge in [-0.05, 0) is 50.4 Å².